The molecule has 0 aliphatic carbocycles. The van der Waals surface area contributed by atoms with Gasteiger partial charge in [0.2, 0.25) is 0 Å². The fourth-order valence-electron chi connectivity index (χ4n) is 3.49. The normalized spacial score (nSPS) is 11.3. The van der Waals surface area contributed by atoms with Gasteiger partial charge in [-0.2, -0.15) is 13.2 Å². The van der Waals surface area contributed by atoms with Crippen LogP contribution in [0.15, 0.2) is 60.9 Å². The van der Waals surface area contributed by atoms with E-state index in [1.165, 1.54) is 30.3 Å². The molecule has 0 fully saturated rings. The summed E-state index contributed by atoms with van der Waals surface area (Å²) < 4.78 is 54.2. The minimum absolute atomic E-state index is 0.0928. The molecule has 0 spiro atoms. The number of rotatable bonds is 6. The van der Waals surface area contributed by atoms with Gasteiger partial charge in [-0.15, -0.1) is 0 Å². The van der Waals surface area contributed by atoms with Gasteiger partial charge in [0.25, 0.3) is 5.91 Å². The second-order valence-electron chi connectivity index (χ2n) is 7.64. The summed E-state index contributed by atoms with van der Waals surface area (Å²) in [6, 6.07) is 11.7. The third-order valence-electron chi connectivity index (χ3n) is 5.19. The number of hydrogen-bond acceptors (Lipinski definition) is 5. The molecule has 3 aromatic carbocycles. The summed E-state index contributed by atoms with van der Waals surface area (Å²) >= 11 is 6.05. The molecule has 37 heavy (non-hydrogen) atoms. The second kappa shape index (κ2) is 10.3. The van der Waals surface area contributed by atoms with Crippen LogP contribution in [0.1, 0.15) is 21.5 Å². The Morgan fingerprint density at radius 3 is 2.51 bits per heavy atom. The van der Waals surface area contributed by atoms with E-state index in [2.05, 4.69) is 20.6 Å². The minimum atomic E-state index is -4.53. The lowest BCUT2D eigenvalue weighted by Crippen LogP contribution is -2.22. The number of carbonyl (C=O) groups is 2. The van der Waals surface area contributed by atoms with Gasteiger partial charge in [-0.1, -0.05) is 29.8 Å². The quantitative estimate of drug-likeness (QED) is 0.219. The highest BCUT2D eigenvalue weighted by molar-refractivity contribution is 6.34. The average molecular weight is 534 g/mol. The monoisotopic (exact) mass is 533 g/mol. The van der Waals surface area contributed by atoms with Crippen molar-refractivity contribution in [1.82, 2.24) is 15.3 Å². The van der Waals surface area contributed by atoms with Crippen LogP contribution in [-0.4, -0.2) is 27.1 Å². The van der Waals surface area contributed by atoms with Crippen LogP contribution in [0.5, 0.6) is 0 Å². The van der Waals surface area contributed by atoms with Crippen LogP contribution in [0.3, 0.4) is 0 Å². The lowest BCUT2D eigenvalue weighted by molar-refractivity contribution is -0.137. The minimum Gasteiger partial charge on any atom is -0.465 e. The van der Waals surface area contributed by atoms with Crippen LogP contribution in [0.4, 0.5) is 39.5 Å². The number of nitrogens with zero attached hydrogens (tertiary/aromatic N) is 2. The third-order valence-corrected chi connectivity index (χ3v) is 5.51. The molecule has 4 N–H and O–H groups in total. The molecule has 1 heterocycles. The van der Waals surface area contributed by atoms with Gasteiger partial charge >= 0.3 is 12.3 Å². The number of para-hydroxylation sites is 1. The summed E-state index contributed by atoms with van der Waals surface area (Å²) in [5, 5.41) is 16.3. The Labute approximate surface area is 211 Å². The van der Waals surface area contributed by atoms with Gasteiger partial charge in [0.05, 0.1) is 27.4 Å². The summed E-state index contributed by atoms with van der Waals surface area (Å²) in [5.41, 5.74) is -0.931. The largest absolute Gasteiger partial charge is 0.465 e. The molecular formula is C24H16ClF4N5O3. The number of alkyl halides is 3. The Bertz CT molecular complexity index is 1510. The van der Waals surface area contributed by atoms with Gasteiger partial charge in [0.15, 0.2) is 0 Å². The topological polar surface area (TPSA) is 116 Å². The van der Waals surface area contributed by atoms with Gasteiger partial charge in [-0.25, -0.2) is 19.2 Å². The number of hydrogen-bond donors (Lipinski definition) is 4. The van der Waals surface area contributed by atoms with Crippen molar-refractivity contribution in [2.24, 2.45) is 0 Å². The summed E-state index contributed by atoms with van der Waals surface area (Å²) in [6.45, 7) is -0.384. The molecule has 4 rings (SSSR count). The number of carbonyl (C=O) groups excluding carboxylic acids is 1. The van der Waals surface area contributed by atoms with Gasteiger partial charge < -0.3 is 21.1 Å². The lowest BCUT2D eigenvalue weighted by Gasteiger charge is -2.14. The maximum absolute atomic E-state index is 15.0. The zero-order valence-electron chi connectivity index (χ0n) is 18.5. The Morgan fingerprint density at radius 2 is 1.78 bits per heavy atom. The molecule has 190 valence electrons. The zero-order valence-corrected chi connectivity index (χ0v) is 19.3. The number of aromatic nitrogens is 2. The van der Waals surface area contributed by atoms with Crippen LogP contribution in [-0.2, 0) is 12.7 Å². The van der Waals surface area contributed by atoms with Crippen molar-refractivity contribution in [2.45, 2.75) is 12.7 Å². The third kappa shape index (κ3) is 5.70. The predicted molar refractivity (Wildman–Crippen MR) is 128 cm³/mol. The number of amides is 2. The van der Waals surface area contributed by atoms with Crippen molar-refractivity contribution in [1.29, 1.82) is 0 Å². The van der Waals surface area contributed by atoms with Gasteiger partial charge in [0, 0.05) is 23.2 Å². The van der Waals surface area contributed by atoms with Crippen LogP contribution in [0.2, 0.25) is 5.02 Å². The molecule has 0 aliphatic rings. The van der Waals surface area contributed by atoms with E-state index in [0.717, 1.165) is 18.5 Å². The molecule has 0 unspecified atom stereocenters. The first-order valence-corrected chi connectivity index (χ1v) is 10.9. The van der Waals surface area contributed by atoms with Crippen LogP contribution in [0, 0.1) is 5.82 Å². The fourth-order valence-corrected chi connectivity index (χ4v) is 3.73. The summed E-state index contributed by atoms with van der Waals surface area (Å²) in [5.74, 6) is -1.75. The first-order chi connectivity index (χ1) is 17.5. The molecular weight excluding hydrogens is 518 g/mol. The first-order valence-electron chi connectivity index (χ1n) is 10.5. The fraction of sp³-hybridized carbons (Fsp3) is 0.0833. The van der Waals surface area contributed by atoms with Crippen molar-refractivity contribution in [3.05, 3.63) is 88.5 Å². The molecule has 2 amide bonds. The van der Waals surface area contributed by atoms with Crippen molar-refractivity contribution in [3.63, 3.8) is 0 Å². The predicted octanol–water partition coefficient (Wildman–Crippen LogP) is 6.20. The van der Waals surface area contributed by atoms with E-state index in [4.69, 9.17) is 16.7 Å². The SMILES string of the molecule is O=C(O)NCc1ccc(Cl)c(C(=O)Nc2cccc3c(Nc4cccc(C(F)(F)F)c4)ncnc23)c1F. The molecule has 0 radical (unpaired) electrons. The zero-order chi connectivity index (χ0) is 26.7. The highest BCUT2D eigenvalue weighted by Crippen LogP contribution is 2.33. The Hall–Kier alpha value is -4.45. The van der Waals surface area contributed by atoms with E-state index in [0.29, 0.717) is 5.39 Å². The molecule has 0 saturated carbocycles. The maximum atomic E-state index is 15.0. The summed E-state index contributed by atoms with van der Waals surface area (Å²) in [7, 11) is 0. The molecule has 0 atom stereocenters. The van der Waals surface area contributed by atoms with E-state index in [1.807, 2.05) is 5.32 Å². The number of fused-ring (bicyclic) bond motifs is 1. The Morgan fingerprint density at radius 1 is 1.03 bits per heavy atom. The smallest absolute Gasteiger partial charge is 0.416 e. The average Bonchev–Trinajstić information content (AvgIpc) is 2.84. The molecule has 4 aromatic rings. The molecule has 1 aromatic heterocycles. The standard InChI is InChI=1S/C24H16ClF4N5O3/c25-16-8-7-12(10-30-23(36)37)19(26)18(16)22(35)34-17-6-2-5-15-20(17)31-11-32-21(15)33-14-4-1-3-13(9-14)24(27,28)29/h1-9,11,30H,10H2,(H,34,35)(H,36,37)(H,31,32,33). The summed E-state index contributed by atoms with van der Waals surface area (Å²) in [6.07, 6.45) is -4.74. The number of halogens is 5. The van der Waals surface area contributed by atoms with Crippen LogP contribution in [0.25, 0.3) is 10.9 Å². The van der Waals surface area contributed by atoms with Crippen molar-refractivity contribution >= 4 is 51.7 Å². The summed E-state index contributed by atoms with van der Waals surface area (Å²) in [4.78, 5) is 31.9. The van der Waals surface area contributed by atoms with Gasteiger partial charge in [-0.3, -0.25) is 4.79 Å². The molecule has 8 nitrogen and oxygen atoms in total. The number of benzene rings is 3. The first kappa shape index (κ1) is 25.6. The van der Waals surface area contributed by atoms with Crippen LogP contribution >= 0.6 is 11.6 Å². The van der Waals surface area contributed by atoms with Crippen molar-refractivity contribution in [2.75, 3.05) is 10.6 Å². The van der Waals surface area contributed by atoms with E-state index in [1.54, 1.807) is 12.1 Å². The van der Waals surface area contributed by atoms with E-state index in [9.17, 15) is 27.2 Å². The highest BCUT2D eigenvalue weighted by atomic mass is 35.5. The lowest BCUT2D eigenvalue weighted by atomic mass is 10.1. The Balaban J connectivity index is 1.65. The maximum Gasteiger partial charge on any atom is 0.416 e. The number of nitrogens with one attached hydrogen (secondary N) is 3. The highest BCUT2D eigenvalue weighted by Gasteiger charge is 2.30. The Kier molecular flexibility index (Phi) is 7.11. The molecule has 0 aliphatic heterocycles. The van der Waals surface area contributed by atoms with E-state index >= 15 is 0 Å². The van der Waals surface area contributed by atoms with Crippen LogP contribution < -0.4 is 16.0 Å². The van der Waals surface area contributed by atoms with Crippen molar-refractivity contribution in [3.8, 4) is 0 Å². The van der Waals surface area contributed by atoms with E-state index in [-0.39, 0.29) is 39.8 Å². The second-order valence-corrected chi connectivity index (χ2v) is 8.04. The molecule has 13 heteroatoms. The van der Waals surface area contributed by atoms with Gasteiger partial charge in [-0.05, 0) is 36.4 Å². The number of carboxylic acid groups (broad SMARTS) is 1. The molecule has 0 saturated heterocycles. The molecule has 0 bridgehead atoms. The van der Waals surface area contributed by atoms with Crippen molar-refractivity contribution < 1.29 is 32.3 Å². The van der Waals surface area contributed by atoms with E-state index < -0.39 is 35.1 Å². The number of anilines is 3. The van der Waals surface area contributed by atoms with Gasteiger partial charge in [0.1, 0.15) is 18.0 Å².